The minimum atomic E-state index is 0.115. The van der Waals surface area contributed by atoms with Crippen molar-refractivity contribution < 1.29 is 4.79 Å². The van der Waals surface area contributed by atoms with E-state index in [0.717, 1.165) is 44.4 Å². The molecule has 0 spiro atoms. The molecule has 0 bridgehead atoms. The van der Waals surface area contributed by atoms with Crippen LogP contribution in [-0.4, -0.2) is 67.5 Å². The number of aliphatic imine (C=N–C) groups is 1. The Morgan fingerprint density at radius 1 is 1.12 bits per heavy atom. The molecular weight excluding hydrogens is 302 g/mol. The number of anilines is 1. The molecule has 6 heteroatoms. The molecule has 0 aliphatic carbocycles. The number of rotatable bonds is 4. The van der Waals surface area contributed by atoms with E-state index in [1.54, 1.807) is 0 Å². The highest BCUT2D eigenvalue weighted by atomic mass is 16.2. The number of hydrogen-bond donors (Lipinski definition) is 2. The lowest BCUT2D eigenvalue weighted by Crippen LogP contribution is -2.48. The Morgan fingerprint density at radius 2 is 1.92 bits per heavy atom. The second kappa shape index (κ2) is 8.68. The summed E-state index contributed by atoms with van der Waals surface area (Å²) in [5, 5.41) is 6.33. The number of piperazine rings is 1. The number of para-hydroxylation sites is 1. The van der Waals surface area contributed by atoms with Crippen LogP contribution in [0, 0.1) is 0 Å². The van der Waals surface area contributed by atoms with Crippen molar-refractivity contribution in [2.24, 2.45) is 4.99 Å². The molecule has 0 radical (unpaired) electrons. The van der Waals surface area contributed by atoms with E-state index >= 15 is 0 Å². The Kier molecular flexibility index (Phi) is 6.07. The summed E-state index contributed by atoms with van der Waals surface area (Å²) in [6.07, 6.45) is 3.75. The lowest BCUT2D eigenvalue weighted by molar-refractivity contribution is -0.124. The molecule has 2 heterocycles. The Hall–Kier alpha value is -2.08. The Balaban J connectivity index is 1.60. The van der Waals surface area contributed by atoms with Gasteiger partial charge in [0.25, 0.3) is 0 Å². The van der Waals surface area contributed by atoms with Crippen LogP contribution >= 0.6 is 0 Å². The molecule has 130 valence electrons. The lowest BCUT2D eigenvalue weighted by atomic mass is 10.1. The van der Waals surface area contributed by atoms with E-state index in [4.69, 9.17) is 4.99 Å². The van der Waals surface area contributed by atoms with Crippen LogP contribution in [0.5, 0.6) is 0 Å². The molecule has 2 saturated heterocycles. The second-order valence-corrected chi connectivity index (χ2v) is 6.37. The van der Waals surface area contributed by atoms with E-state index in [1.807, 2.05) is 18.2 Å². The smallest absolute Gasteiger partial charge is 0.234 e. The van der Waals surface area contributed by atoms with E-state index in [1.165, 1.54) is 19.3 Å². The Bertz CT molecular complexity index is 554. The van der Waals surface area contributed by atoms with E-state index in [0.29, 0.717) is 13.1 Å². The zero-order chi connectivity index (χ0) is 16.6. The van der Waals surface area contributed by atoms with Gasteiger partial charge in [-0.1, -0.05) is 18.2 Å². The molecule has 0 unspecified atom stereocenters. The molecule has 0 saturated carbocycles. The fraction of sp³-hybridized carbons (Fsp3) is 0.556. The number of benzene rings is 1. The van der Waals surface area contributed by atoms with Gasteiger partial charge in [0, 0.05) is 38.4 Å². The average Bonchev–Trinajstić information content (AvgIpc) is 2.63. The first-order valence-corrected chi connectivity index (χ1v) is 8.92. The van der Waals surface area contributed by atoms with Crippen LogP contribution in [0.25, 0.3) is 0 Å². The summed E-state index contributed by atoms with van der Waals surface area (Å²) >= 11 is 0. The summed E-state index contributed by atoms with van der Waals surface area (Å²) in [6.45, 7) is 5.78. The summed E-state index contributed by atoms with van der Waals surface area (Å²) < 4.78 is 0. The molecule has 3 rings (SSSR count). The standard InChI is InChI=1S/C18H27N5O/c24-17-15-22(13-9-19-17)14-10-20-18(23-11-5-2-6-12-23)21-16-7-3-1-4-8-16/h1,3-4,7-8H,2,5-6,9-15H2,(H,19,24)(H,20,21). The molecule has 1 amide bonds. The monoisotopic (exact) mass is 329 g/mol. The molecule has 2 fully saturated rings. The van der Waals surface area contributed by atoms with Crippen molar-refractivity contribution in [3.8, 4) is 0 Å². The van der Waals surface area contributed by atoms with Gasteiger partial charge in [0.1, 0.15) is 0 Å². The molecule has 1 aromatic rings. The van der Waals surface area contributed by atoms with Crippen molar-refractivity contribution in [2.45, 2.75) is 19.3 Å². The summed E-state index contributed by atoms with van der Waals surface area (Å²) in [5.74, 6) is 1.08. The first kappa shape index (κ1) is 16.8. The highest BCUT2D eigenvalue weighted by Gasteiger charge is 2.17. The van der Waals surface area contributed by atoms with Crippen LogP contribution in [0.1, 0.15) is 19.3 Å². The number of piperidine rings is 1. The topological polar surface area (TPSA) is 60.0 Å². The molecule has 6 nitrogen and oxygen atoms in total. The van der Waals surface area contributed by atoms with Crippen molar-refractivity contribution in [2.75, 3.05) is 51.1 Å². The summed E-state index contributed by atoms with van der Waals surface area (Å²) in [4.78, 5) is 20.8. The number of amides is 1. The van der Waals surface area contributed by atoms with Crippen molar-refractivity contribution in [1.29, 1.82) is 0 Å². The number of hydrogen-bond acceptors (Lipinski definition) is 3. The summed E-state index contributed by atoms with van der Waals surface area (Å²) in [6, 6.07) is 10.2. The minimum absolute atomic E-state index is 0.115. The first-order chi connectivity index (χ1) is 11.8. The third kappa shape index (κ3) is 4.96. The summed E-state index contributed by atoms with van der Waals surface area (Å²) in [7, 11) is 0. The number of nitrogens with zero attached hydrogens (tertiary/aromatic N) is 3. The third-order valence-corrected chi connectivity index (χ3v) is 4.48. The van der Waals surface area contributed by atoms with Gasteiger partial charge in [0.05, 0.1) is 13.1 Å². The van der Waals surface area contributed by atoms with Crippen LogP contribution in [0.4, 0.5) is 5.69 Å². The van der Waals surface area contributed by atoms with Crippen molar-refractivity contribution in [3.63, 3.8) is 0 Å². The SMILES string of the molecule is O=C1CN(CCN=C(Nc2ccccc2)N2CCCCC2)CCN1. The van der Waals surface area contributed by atoms with Gasteiger partial charge >= 0.3 is 0 Å². The molecule has 2 aliphatic rings. The zero-order valence-electron chi connectivity index (χ0n) is 14.2. The molecule has 2 aliphatic heterocycles. The molecule has 0 aromatic heterocycles. The maximum absolute atomic E-state index is 11.4. The van der Waals surface area contributed by atoms with E-state index < -0.39 is 0 Å². The first-order valence-electron chi connectivity index (χ1n) is 8.92. The van der Waals surface area contributed by atoms with Gasteiger partial charge in [-0.05, 0) is 31.4 Å². The highest BCUT2D eigenvalue weighted by Crippen LogP contribution is 2.12. The molecule has 0 atom stereocenters. The van der Waals surface area contributed by atoms with Gasteiger partial charge < -0.3 is 15.5 Å². The van der Waals surface area contributed by atoms with Gasteiger partial charge in [0.15, 0.2) is 5.96 Å². The largest absolute Gasteiger partial charge is 0.354 e. The average molecular weight is 329 g/mol. The predicted octanol–water partition coefficient (Wildman–Crippen LogP) is 1.37. The van der Waals surface area contributed by atoms with Crippen LogP contribution < -0.4 is 10.6 Å². The number of nitrogens with one attached hydrogen (secondary N) is 2. The van der Waals surface area contributed by atoms with Gasteiger partial charge in [-0.25, -0.2) is 0 Å². The van der Waals surface area contributed by atoms with Crippen molar-refractivity contribution in [1.82, 2.24) is 15.1 Å². The van der Waals surface area contributed by atoms with Crippen LogP contribution in [-0.2, 0) is 4.79 Å². The normalized spacial score (nSPS) is 19.9. The van der Waals surface area contributed by atoms with E-state index in [-0.39, 0.29) is 5.91 Å². The van der Waals surface area contributed by atoms with E-state index in [9.17, 15) is 4.79 Å². The van der Waals surface area contributed by atoms with Gasteiger partial charge in [-0.2, -0.15) is 0 Å². The summed E-state index contributed by atoms with van der Waals surface area (Å²) in [5.41, 5.74) is 1.07. The molecule has 1 aromatic carbocycles. The van der Waals surface area contributed by atoms with Crippen molar-refractivity contribution >= 4 is 17.6 Å². The Morgan fingerprint density at radius 3 is 2.67 bits per heavy atom. The number of carbonyl (C=O) groups excluding carboxylic acids is 1. The lowest BCUT2D eigenvalue weighted by Gasteiger charge is -2.31. The van der Waals surface area contributed by atoms with E-state index in [2.05, 4.69) is 32.6 Å². The van der Waals surface area contributed by atoms with Gasteiger partial charge in [0.2, 0.25) is 5.91 Å². The van der Waals surface area contributed by atoms with Crippen LogP contribution in [0.3, 0.4) is 0 Å². The van der Waals surface area contributed by atoms with Crippen molar-refractivity contribution in [3.05, 3.63) is 30.3 Å². The minimum Gasteiger partial charge on any atom is -0.354 e. The highest BCUT2D eigenvalue weighted by molar-refractivity contribution is 5.93. The predicted molar refractivity (Wildman–Crippen MR) is 97.2 cm³/mol. The quantitative estimate of drug-likeness (QED) is 0.647. The molecular formula is C18H27N5O. The van der Waals surface area contributed by atoms with Gasteiger partial charge in [-0.15, -0.1) is 0 Å². The fourth-order valence-corrected chi connectivity index (χ4v) is 3.15. The second-order valence-electron chi connectivity index (χ2n) is 6.37. The number of carbonyl (C=O) groups is 1. The van der Waals surface area contributed by atoms with Crippen LogP contribution in [0.15, 0.2) is 35.3 Å². The number of guanidine groups is 1. The molecule has 24 heavy (non-hydrogen) atoms. The maximum Gasteiger partial charge on any atom is 0.234 e. The molecule has 2 N–H and O–H groups in total. The van der Waals surface area contributed by atoms with Crippen LogP contribution in [0.2, 0.25) is 0 Å². The maximum atomic E-state index is 11.4. The fourth-order valence-electron chi connectivity index (χ4n) is 3.15. The number of likely N-dealkylation sites (tertiary alicyclic amines) is 1. The third-order valence-electron chi connectivity index (χ3n) is 4.48. The van der Waals surface area contributed by atoms with Gasteiger partial charge in [-0.3, -0.25) is 14.7 Å². The zero-order valence-corrected chi connectivity index (χ0v) is 14.2. The Labute approximate surface area is 143 Å².